The van der Waals surface area contributed by atoms with Crippen molar-refractivity contribution in [2.45, 2.75) is 12.8 Å². The number of hydrogen-bond donors (Lipinski definition) is 0. The maximum Gasteiger partial charge on any atom is 0.168 e. The molecule has 0 radical (unpaired) electrons. The molecule has 1 aromatic rings. The van der Waals surface area contributed by atoms with Gasteiger partial charge in [-0.2, -0.15) is 5.26 Å². The predicted molar refractivity (Wildman–Crippen MR) is 88.0 cm³/mol. The molecular weight excluding hydrogens is 274 g/mol. The highest BCUT2D eigenvalue weighted by Gasteiger charge is 2.26. The van der Waals surface area contributed by atoms with Gasteiger partial charge in [0.15, 0.2) is 5.78 Å². The minimum Gasteiger partial charge on any atom is -0.383 e. The highest BCUT2D eigenvalue weighted by molar-refractivity contribution is 6.21. The van der Waals surface area contributed by atoms with Gasteiger partial charge in [0.05, 0.1) is 11.6 Å². The number of ketones is 1. The number of Topliss-reactive ketones (excluding diaryl/α,β-unsaturated/α-hetero) is 1. The number of benzene rings is 1. The van der Waals surface area contributed by atoms with Gasteiger partial charge in [0.1, 0.15) is 0 Å². The van der Waals surface area contributed by atoms with Gasteiger partial charge >= 0.3 is 0 Å². The fourth-order valence-corrected chi connectivity index (χ4v) is 2.79. The monoisotopic (exact) mass is 297 g/mol. The Bertz CT molecular complexity index is 605. The molecule has 0 amide bonds. The molecule has 0 saturated carbocycles. The van der Waals surface area contributed by atoms with E-state index in [4.69, 9.17) is 5.26 Å². The van der Waals surface area contributed by atoms with Gasteiger partial charge in [0.2, 0.25) is 0 Å². The van der Waals surface area contributed by atoms with E-state index < -0.39 is 0 Å². The van der Waals surface area contributed by atoms with E-state index >= 15 is 0 Å². The average Bonchev–Trinajstić information content (AvgIpc) is 2.52. The molecule has 1 heterocycles. The van der Waals surface area contributed by atoms with Crippen molar-refractivity contribution in [1.29, 1.82) is 5.26 Å². The summed E-state index contributed by atoms with van der Waals surface area (Å²) in [6.07, 6.45) is 3.67. The van der Waals surface area contributed by atoms with Crippen molar-refractivity contribution in [3.05, 3.63) is 41.6 Å². The molecule has 0 atom stereocenters. The summed E-state index contributed by atoms with van der Waals surface area (Å²) in [4.78, 5) is 17.1. The topological polar surface area (TPSA) is 47.3 Å². The SMILES string of the molecule is CN(C)/C=C(/C(=O)C1CCN(C)CC1)c1cccc(C#N)c1. The number of carbonyl (C=O) groups is 1. The molecule has 4 nitrogen and oxygen atoms in total. The van der Waals surface area contributed by atoms with Crippen molar-refractivity contribution in [3.63, 3.8) is 0 Å². The van der Waals surface area contributed by atoms with Crippen LogP contribution in [-0.4, -0.2) is 49.8 Å². The molecule has 2 rings (SSSR count). The first-order chi connectivity index (χ1) is 10.5. The number of allylic oxidation sites excluding steroid dienone is 1. The van der Waals surface area contributed by atoms with Crippen LogP contribution in [-0.2, 0) is 4.79 Å². The van der Waals surface area contributed by atoms with Crippen LogP contribution in [0.15, 0.2) is 30.5 Å². The number of carbonyl (C=O) groups excluding carboxylic acids is 1. The van der Waals surface area contributed by atoms with E-state index in [9.17, 15) is 4.79 Å². The summed E-state index contributed by atoms with van der Waals surface area (Å²) < 4.78 is 0. The summed E-state index contributed by atoms with van der Waals surface area (Å²) >= 11 is 0. The molecule has 1 fully saturated rings. The van der Waals surface area contributed by atoms with Crippen molar-refractivity contribution in [1.82, 2.24) is 9.80 Å². The zero-order valence-electron chi connectivity index (χ0n) is 13.5. The fraction of sp³-hybridized carbons (Fsp3) is 0.444. The lowest BCUT2D eigenvalue weighted by molar-refractivity contribution is -0.118. The first-order valence-electron chi connectivity index (χ1n) is 7.63. The minimum atomic E-state index is 0.0770. The Morgan fingerprint density at radius 1 is 1.36 bits per heavy atom. The van der Waals surface area contributed by atoms with Crippen LogP contribution < -0.4 is 0 Å². The van der Waals surface area contributed by atoms with Gasteiger partial charge in [0.25, 0.3) is 0 Å². The highest BCUT2D eigenvalue weighted by atomic mass is 16.1. The molecule has 116 valence electrons. The Morgan fingerprint density at radius 3 is 2.64 bits per heavy atom. The third-order valence-corrected chi connectivity index (χ3v) is 4.04. The molecule has 22 heavy (non-hydrogen) atoms. The van der Waals surface area contributed by atoms with Gasteiger partial charge < -0.3 is 9.80 Å². The lowest BCUT2D eigenvalue weighted by Crippen LogP contribution is -2.34. The van der Waals surface area contributed by atoms with Crippen LogP contribution in [0.1, 0.15) is 24.0 Å². The smallest absolute Gasteiger partial charge is 0.168 e. The summed E-state index contributed by atoms with van der Waals surface area (Å²) in [7, 11) is 5.92. The number of rotatable bonds is 4. The molecule has 0 spiro atoms. The second-order valence-corrected chi connectivity index (χ2v) is 6.14. The number of nitriles is 1. The summed E-state index contributed by atoms with van der Waals surface area (Å²) in [5, 5.41) is 9.07. The fourth-order valence-electron chi connectivity index (χ4n) is 2.79. The normalized spacial score (nSPS) is 17.1. The number of likely N-dealkylation sites (tertiary alicyclic amines) is 1. The van der Waals surface area contributed by atoms with E-state index in [2.05, 4.69) is 18.0 Å². The third-order valence-electron chi connectivity index (χ3n) is 4.04. The molecule has 0 N–H and O–H groups in total. The Kier molecular flexibility index (Phi) is 5.35. The molecule has 0 aliphatic carbocycles. The van der Waals surface area contributed by atoms with Crippen molar-refractivity contribution >= 4 is 11.4 Å². The summed E-state index contributed by atoms with van der Waals surface area (Å²) in [5.74, 6) is 0.269. The summed E-state index contributed by atoms with van der Waals surface area (Å²) in [6, 6.07) is 9.43. The second-order valence-electron chi connectivity index (χ2n) is 6.14. The highest BCUT2D eigenvalue weighted by Crippen LogP contribution is 2.26. The maximum atomic E-state index is 12.9. The zero-order chi connectivity index (χ0) is 16.1. The van der Waals surface area contributed by atoms with Crippen LogP contribution in [0, 0.1) is 17.2 Å². The van der Waals surface area contributed by atoms with Crippen molar-refractivity contribution in [2.24, 2.45) is 5.92 Å². The number of nitrogens with zero attached hydrogens (tertiary/aromatic N) is 3. The first kappa shape index (κ1) is 16.3. The molecule has 1 saturated heterocycles. The Balaban J connectivity index is 2.30. The van der Waals surface area contributed by atoms with E-state index in [0.717, 1.165) is 31.5 Å². The molecule has 1 aliphatic heterocycles. The Morgan fingerprint density at radius 2 is 2.05 bits per heavy atom. The summed E-state index contributed by atoms with van der Waals surface area (Å²) in [5.41, 5.74) is 2.12. The van der Waals surface area contributed by atoms with E-state index in [1.54, 1.807) is 12.1 Å². The average molecular weight is 297 g/mol. The molecule has 0 aromatic heterocycles. The van der Waals surface area contributed by atoms with Crippen LogP contribution in [0.5, 0.6) is 0 Å². The standard InChI is InChI=1S/C18H23N3O/c1-20(2)13-17(16-6-4-5-14(11-16)12-19)18(22)15-7-9-21(3)10-8-15/h4-6,11,13,15H,7-10H2,1-3H3/b17-13+. The van der Waals surface area contributed by atoms with E-state index in [-0.39, 0.29) is 11.7 Å². The van der Waals surface area contributed by atoms with Crippen molar-refractivity contribution < 1.29 is 4.79 Å². The first-order valence-corrected chi connectivity index (χ1v) is 7.63. The van der Waals surface area contributed by atoms with Gasteiger partial charge in [0, 0.05) is 31.8 Å². The minimum absolute atomic E-state index is 0.0770. The third kappa shape index (κ3) is 3.96. The van der Waals surface area contributed by atoms with E-state index in [1.807, 2.05) is 37.3 Å². The van der Waals surface area contributed by atoms with Gasteiger partial charge in [-0.1, -0.05) is 12.1 Å². The lowest BCUT2D eigenvalue weighted by Gasteiger charge is -2.28. The van der Waals surface area contributed by atoms with Crippen LogP contribution in [0.3, 0.4) is 0 Å². The zero-order valence-corrected chi connectivity index (χ0v) is 13.5. The second kappa shape index (κ2) is 7.24. The van der Waals surface area contributed by atoms with Crippen LogP contribution in [0.25, 0.3) is 5.57 Å². The quantitative estimate of drug-likeness (QED) is 0.801. The van der Waals surface area contributed by atoms with Crippen LogP contribution >= 0.6 is 0 Å². The largest absolute Gasteiger partial charge is 0.383 e. The Hall–Kier alpha value is -2.12. The van der Waals surface area contributed by atoms with Crippen LogP contribution in [0.2, 0.25) is 0 Å². The molecule has 0 unspecified atom stereocenters. The van der Waals surface area contributed by atoms with Crippen molar-refractivity contribution in [2.75, 3.05) is 34.2 Å². The Labute approximate surface area is 132 Å². The van der Waals surface area contributed by atoms with Gasteiger partial charge in [-0.25, -0.2) is 0 Å². The van der Waals surface area contributed by atoms with Gasteiger partial charge in [-0.05, 0) is 50.7 Å². The van der Waals surface area contributed by atoms with E-state index in [0.29, 0.717) is 11.1 Å². The molecular formula is C18H23N3O. The van der Waals surface area contributed by atoms with Gasteiger partial charge in [-0.15, -0.1) is 0 Å². The maximum absolute atomic E-state index is 12.9. The van der Waals surface area contributed by atoms with Gasteiger partial charge in [-0.3, -0.25) is 4.79 Å². The molecule has 4 heteroatoms. The molecule has 1 aromatic carbocycles. The molecule has 1 aliphatic rings. The van der Waals surface area contributed by atoms with Crippen LogP contribution in [0.4, 0.5) is 0 Å². The summed E-state index contributed by atoms with van der Waals surface area (Å²) in [6.45, 7) is 1.92. The lowest BCUT2D eigenvalue weighted by atomic mass is 9.86. The number of hydrogen-bond acceptors (Lipinski definition) is 4. The number of piperidine rings is 1. The van der Waals surface area contributed by atoms with Crippen molar-refractivity contribution in [3.8, 4) is 6.07 Å². The van der Waals surface area contributed by atoms with E-state index in [1.165, 1.54) is 0 Å². The predicted octanol–water partition coefficient (Wildman–Crippen LogP) is 2.37. The molecule has 0 bridgehead atoms.